The Morgan fingerprint density at radius 3 is 2.53 bits per heavy atom. The molecular formula is C23H18N3O3S-. The summed E-state index contributed by atoms with van der Waals surface area (Å²) in [5.41, 5.74) is 3.56. The molecule has 0 unspecified atom stereocenters. The van der Waals surface area contributed by atoms with Gasteiger partial charge in [0, 0.05) is 34.8 Å². The van der Waals surface area contributed by atoms with Crippen molar-refractivity contribution >= 4 is 28.1 Å². The van der Waals surface area contributed by atoms with Crippen LogP contribution in [0.25, 0.3) is 0 Å². The minimum absolute atomic E-state index is 0.189. The van der Waals surface area contributed by atoms with Crippen molar-refractivity contribution in [2.75, 3.05) is 11.6 Å². The van der Waals surface area contributed by atoms with E-state index in [1.807, 2.05) is 31.2 Å². The Balaban J connectivity index is 1.79. The largest absolute Gasteiger partial charge is 0.444 e. The topological polar surface area (TPSA) is 88.5 Å². The Kier molecular flexibility index (Phi) is 6.73. The highest BCUT2D eigenvalue weighted by atomic mass is 32.2. The van der Waals surface area contributed by atoms with Crippen LogP contribution in [-0.2, 0) is 14.8 Å². The number of anilines is 1. The summed E-state index contributed by atoms with van der Waals surface area (Å²) in [5, 5.41) is 2.87. The van der Waals surface area contributed by atoms with Gasteiger partial charge in [-0.2, -0.15) is 10.6 Å². The molecule has 30 heavy (non-hydrogen) atoms. The smallest absolute Gasteiger partial charge is 0.255 e. The molecule has 2 amide bonds. The summed E-state index contributed by atoms with van der Waals surface area (Å²) >= 11 is 0. The number of hydrogen-bond donors (Lipinski definition) is 1. The van der Waals surface area contributed by atoms with E-state index in [4.69, 9.17) is 0 Å². The number of carbonyl (C=O) groups excluding carboxylic acids is 2. The highest BCUT2D eigenvalue weighted by molar-refractivity contribution is 7.74. The van der Waals surface area contributed by atoms with Gasteiger partial charge in [0.1, 0.15) is 0 Å². The van der Waals surface area contributed by atoms with Crippen molar-refractivity contribution < 1.29 is 13.8 Å². The zero-order chi connectivity index (χ0) is 21.5. The lowest BCUT2D eigenvalue weighted by Crippen LogP contribution is -2.13. The molecule has 150 valence electrons. The molecule has 0 atom stereocenters. The predicted molar refractivity (Wildman–Crippen MR) is 117 cm³/mol. The van der Waals surface area contributed by atoms with Gasteiger partial charge in [0.2, 0.25) is 0 Å². The van der Waals surface area contributed by atoms with Crippen LogP contribution in [-0.4, -0.2) is 23.1 Å². The molecule has 6 nitrogen and oxygen atoms in total. The minimum atomic E-state index is -1.58. The average Bonchev–Trinajstić information content (AvgIpc) is 2.72. The zero-order valence-electron chi connectivity index (χ0n) is 16.4. The zero-order valence-corrected chi connectivity index (χ0v) is 17.2. The molecule has 1 heterocycles. The number of nitrogens with zero attached hydrogens (tertiary/aromatic N) is 2. The molecular weight excluding hydrogens is 398 g/mol. The number of amides is 2. The highest BCUT2D eigenvalue weighted by Crippen LogP contribution is 2.14. The molecule has 0 aliphatic heterocycles. The number of benzene rings is 2. The van der Waals surface area contributed by atoms with Crippen molar-refractivity contribution in [3.63, 3.8) is 0 Å². The molecule has 0 spiro atoms. The molecule has 0 aliphatic carbocycles. The third-order valence-electron chi connectivity index (χ3n) is 4.06. The normalized spacial score (nSPS) is 11.3. The second-order valence-electron chi connectivity index (χ2n) is 6.38. The number of aromatic nitrogens is 1. The van der Waals surface area contributed by atoms with E-state index >= 15 is 0 Å². The summed E-state index contributed by atoms with van der Waals surface area (Å²) in [6, 6.07) is 16.1. The Bertz CT molecular complexity index is 1270. The van der Waals surface area contributed by atoms with Crippen molar-refractivity contribution in [2.45, 2.75) is 6.92 Å². The SMILES string of the molecule is Cc1ccccc1C(=O)Nc1cccc(C#Cc2cncc(C(=O)N=[S-](C)=O)c2)c1. The summed E-state index contributed by atoms with van der Waals surface area (Å²) in [6.07, 6.45) is 4.20. The Labute approximate surface area is 176 Å². The minimum Gasteiger partial charge on any atom is -0.444 e. The van der Waals surface area contributed by atoms with Crippen LogP contribution in [0.15, 0.2) is 71.4 Å². The second kappa shape index (κ2) is 9.63. The van der Waals surface area contributed by atoms with E-state index < -0.39 is 16.5 Å². The van der Waals surface area contributed by atoms with Crippen molar-refractivity contribution in [3.05, 3.63) is 94.8 Å². The van der Waals surface area contributed by atoms with Crippen LogP contribution < -0.4 is 5.32 Å². The summed E-state index contributed by atoms with van der Waals surface area (Å²) in [6.45, 7) is 1.88. The molecule has 7 heteroatoms. The number of rotatable bonds is 3. The number of aryl methyl sites for hydroxylation is 1. The lowest BCUT2D eigenvalue weighted by atomic mass is 10.1. The summed E-state index contributed by atoms with van der Waals surface area (Å²) in [5.74, 6) is 5.13. The van der Waals surface area contributed by atoms with E-state index in [0.29, 0.717) is 22.4 Å². The van der Waals surface area contributed by atoms with Crippen LogP contribution in [0.5, 0.6) is 0 Å². The maximum atomic E-state index is 12.5. The summed E-state index contributed by atoms with van der Waals surface area (Å²) in [7, 11) is -1.58. The quantitative estimate of drug-likeness (QED) is 0.517. The van der Waals surface area contributed by atoms with Gasteiger partial charge in [0.15, 0.2) is 0 Å². The second-order valence-corrected chi connectivity index (χ2v) is 7.41. The van der Waals surface area contributed by atoms with Crippen molar-refractivity contribution in [3.8, 4) is 11.8 Å². The summed E-state index contributed by atoms with van der Waals surface area (Å²) in [4.78, 5) is 28.4. The van der Waals surface area contributed by atoms with Crippen LogP contribution in [0.3, 0.4) is 0 Å². The van der Waals surface area contributed by atoms with E-state index in [-0.39, 0.29) is 11.5 Å². The van der Waals surface area contributed by atoms with Gasteiger partial charge in [-0.25, -0.2) is 0 Å². The molecule has 0 saturated carbocycles. The van der Waals surface area contributed by atoms with E-state index in [1.54, 1.807) is 30.3 Å². The van der Waals surface area contributed by atoms with E-state index in [1.165, 1.54) is 18.6 Å². The molecule has 0 aliphatic rings. The summed E-state index contributed by atoms with van der Waals surface area (Å²) < 4.78 is 14.6. The fourth-order valence-corrected chi connectivity index (χ4v) is 2.98. The first kappa shape index (κ1) is 21.0. The first-order valence-electron chi connectivity index (χ1n) is 8.96. The fourth-order valence-electron chi connectivity index (χ4n) is 2.64. The van der Waals surface area contributed by atoms with Crippen LogP contribution in [0.4, 0.5) is 5.69 Å². The molecule has 0 fully saturated rings. The monoisotopic (exact) mass is 416 g/mol. The van der Waals surface area contributed by atoms with Gasteiger partial charge in [0.25, 0.3) is 11.8 Å². The number of carbonyl (C=O) groups is 2. The van der Waals surface area contributed by atoms with Crippen molar-refractivity contribution in [1.82, 2.24) is 4.98 Å². The van der Waals surface area contributed by atoms with Crippen LogP contribution in [0, 0.1) is 18.8 Å². The third-order valence-corrected chi connectivity index (χ3v) is 4.48. The van der Waals surface area contributed by atoms with Gasteiger partial charge in [-0.05, 0) is 42.8 Å². The van der Waals surface area contributed by atoms with Crippen molar-refractivity contribution in [2.24, 2.45) is 4.36 Å². The standard InChI is InChI=1S/C23H18N3O3S/c1-16-6-3-4-9-21(16)23(28)25-20-8-5-7-17(13-20)10-11-18-12-19(15-24-14-18)22(27)26-30(2)29/h3-9,12-15H,1-2H3,(H,25,28)/q-1. The van der Waals surface area contributed by atoms with E-state index in [9.17, 15) is 13.8 Å². The molecule has 0 saturated heterocycles. The fraction of sp³-hybridized carbons (Fsp3) is 0.0870. The molecule has 1 aromatic heterocycles. The predicted octanol–water partition coefficient (Wildman–Crippen LogP) is 3.96. The molecule has 2 aromatic carbocycles. The van der Waals surface area contributed by atoms with Crippen LogP contribution >= 0.6 is 0 Å². The Morgan fingerprint density at radius 1 is 1.00 bits per heavy atom. The molecule has 3 rings (SSSR count). The van der Waals surface area contributed by atoms with E-state index in [0.717, 1.165) is 5.56 Å². The van der Waals surface area contributed by atoms with Crippen LogP contribution in [0.1, 0.15) is 37.4 Å². The van der Waals surface area contributed by atoms with Gasteiger partial charge in [0.05, 0.1) is 5.56 Å². The highest BCUT2D eigenvalue weighted by Gasteiger charge is 2.08. The Morgan fingerprint density at radius 2 is 1.77 bits per heavy atom. The maximum absolute atomic E-state index is 12.5. The number of pyridine rings is 1. The first-order valence-corrected chi connectivity index (χ1v) is 10.5. The van der Waals surface area contributed by atoms with Crippen molar-refractivity contribution in [1.29, 1.82) is 0 Å². The molecule has 1 N–H and O–H groups in total. The average molecular weight is 416 g/mol. The molecule has 0 bridgehead atoms. The van der Waals surface area contributed by atoms with Gasteiger partial charge >= 0.3 is 0 Å². The lowest BCUT2D eigenvalue weighted by Gasteiger charge is -2.07. The molecule has 3 aromatic rings. The van der Waals surface area contributed by atoms with Gasteiger partial charge in [-0.3, -0.25) is 14.6 Å². The van der Waals surface area contributed by atoms with E-state index in [2.05, 4.69) is 26.5 Å². The van der Waals surface area contributed by atoms with Crippen LogP contribution in [0.2, 0.25) is 0 Å². The Hall–Kier alpha value is -3.76. The van der Waals surface area contributed by atoms with Gasteiger partial charge in [-0.15, -0.1) is 6.26 Å². The maximum Gasteiger partial charge on any atom is 0.255 e. The number of nitrogens with one attached hydrogen (secondary N) is 1. The number of hydrogen-bond acceptors (Lipinski definition) is 5. The third kappa shape index (κ3) is 5.63. The first-order chi connectivity index (χ1) is 14.4. The van der Waals surface area contributed by atoms with Gasteiger partial charge in [-0.1, -0.05) is 36.1 Å². The molecule has 0 radical (unpaired) electrons. The lowest BCUT2D eigenvalue weighted by molar-refractivity contribution is 0.100. The van der Waals surface area contributed by atoms with Gasteiger partial charge < -0.3 is 13.9 Å².